The monoisotopic (exact) mass is 412 g/mol. The number of benzene rings is 2. The molecule has 6 heteroatoms. The molecular formula is C23H28N2O3S. The molecule has 0 aliphatic carbocycles. The van der Waals surface area contributed by atoms with Gasteiger partial charge in [0.15, 0.2) is 6.61 Å². The Balaban J connectivity index is 1.54. The van der Waals surface area contributed by atoms with E-state index in [1.54, 1.807) is 36.0 Å². The first-order chi connectivity index (χ1) is 14.0. The van der Waals surface area contributed by atoms with Crippen molar-refractivity contribution in [3.63, 3.8) is 0 Å². The second-order valence-electron chi connectivity index (χ2n) is 7.43. The Morgan fingerprint density at radius 3 is 2.24 bits per heavy atom. The molecule has 0 bridgehead atoms. The van der Waals surface area contributed by atoms with E-state index in [2.05, 4.69) is 19.2 Å². The molecule has 5 nitrogen and oxygen atoms in total. The highest BCUT2D eigenvalue weighted by atomic mass is 32.2. The van der Waals surface area contributed by atoms with E-state index in [0.717, 1.165) is 29.8 Å². The van der Waals surface area contributed by atoms with Crippen LogP contribution in [0.4, 0.5) is 5.69 Å². The van der Waals surface area contributed by atoms with Gasteiger partial charge in [0.1, 0.15) is 5.75 Å². The second kappa shape index (κ2) is 9.83. The fraction of sp³-hybridized carbons (Fsp3) is 0.391. The van der Waals surface area contributed by atoms with E-state index in [1.807, 2.05) is 35.4 Å². The number of nitrogens with zero attached hydrogens (tertiary/aromatic N) is 1. The van der Waals surface area contributed by atoms with Crippen LogP contribution in [0, 0.1) is 0 Å². The predicted molar refractivity (Wildman–Crippen MR) is 118 cm³/mol. The molecule has 3 rings (SSSR count). The summed E-state index contributed by atoms with van der Waals surface area (Å²) in [6, 6.07) is 15.1. The predicted octanol–water partition coefficient (Wildman–Crippen LogP) is 4.83. The number of carbonyl (C=O) groups excluding carboxylic acids is 2. The van der Waals surface area contributed by atoms with Gasteiger partial charge in [0.05, 0.1) is 0 Å². The number of piperidine rings is 1. The van der Waals surface area contributed by atoms with Gasteiger partial charge < -0.3 is 15.0 Å². The lowest BCUT2D eigenvalue weighted by Crippen LogP contribution is -2.49. The van der Waals surface area contributed by atoms with Gasteiger partial charge in [-0.05, 0) is 87.9 Å². The highest BCUT2D eigenvalue weighted by Gasteiger charge is 2.28. The minimum atomic E-state index is -0.180. The molecule has 2 atom stereocenters. The van der Waals surface area contributed by atoms with Crippen LogP contribution >= 0.6 is 11.8 Å². The van der Waals surface area contributed by atoms with E-state index in [1.165, 1.54) is 0 Å². The quantitative estimate of drug-likeness (QED) is 0.691. The zero-order valence-corrected chi connectivity index (χ0v) is 18.0. The minimum Gasteiger partial charge on any atom is -0.484 e. The molecule has 2 amide bonds. The van der Waals surface area contributed by atoms with Gasteiger partial charge in [-0.25, -0.2) is 0 Å². The minimum absolute atomic E-state index is 0.0141. The Bertz CT molecular complexity index is 826. The first kappa shape index (κ1) is 21.2. The van der Waals surface area contributed by atoms with Gasteiger partial charge in [-0.2, -0.15) is 0 Å². The van der Waals surface area contributed by atoms with Crippen molar-refractivity contribution in [3.8, 4) is 5.75 Å². The van der Waals surface area contributed by atoms with Crippen molar-refractivity contribution in [2.45, 2.75) is 50.1 Å². The summed E-state index contributed by atoms with van der Waals surface area (Å²) in [5.74, 6) is 0.414. The number of amides is 2. The molecule has 0 saturated carbocycles. The molecule has 0 aromatic heterocycles. The number of hydrogen-bond donors (Lipinski definition) is 1. The standard InChI is InChI=1S/C23H28N2O3S/c1-16-5-4-6-17(2)25(16)22(26)15-28-20-11-7-18(8-12-20)23(27)24-19-9-13-21(29-3)14-10-19/h7-14,16-17H,4-6,15H2,1-3H3,(H,24,27). The van der Waals surface area contributed by atoms with Crippen molar-refractivity contribution in [1.82, 2.24) is 4.90 Å². The Hall–Kier alpha value is -2.47. The van der Waals surface area contributed by atoms with Crippen LogP contribution in [0.2, 0.25) is 0 Å². The molecule has 2 aromatic rings. The molecule has 1 aliphatic heterocycles. The molecular weight excluding hydrogens is 384 g/mol. The molecule has 0 spiro atoms. The van der Waals surface area contributed by atoms with Crippen molar-refractivity contribution < 1.29 is 14.3 Å². The maximum absolute atomic E-state index is 12.6. The Morgan fingerprint density at radius 1 is 1.03 bits per heavy atom. The number of carbonyl (C=O) groups is 2. The van der Waals surface area contributed by atoms with Crippen LogP contribution in [-0.2, 0) is 4.79 Å². The second-order valence-corrected chi connectivity index (χ2v) is 8.31. The summed E-state index contributed by atoms with van der Waals surface area (Å²) in [5.41, 5.74) is 1.29. The highest BCUT2D eigenvalue weighted by molar-refractivity contribution is 7.98. The number of anilines is 1. The number of nitrogens with one attached hydrogen (secondary N) is 1. The molecule has 1 fully saturated rings. The van der Waals surface area contributed by atoms with Gasteiger partial charge in [-0.15, -0.1) is 11.8 Å². The fourth-order valence-corrected chi connectivity index (χ4v) is 4.12. The number of likely N-dealkylation sites (tertiary alicyclic amines) is 1. The SMILES string of the molecule is CSc1ccc(NC(=O)c2ccc(OCC(=O)N3C(C)CCCC3C)cc2)cc1. The van der Waals surface area contributed by atoms with Crippen LogP contribution in [0.3, 0.4) is 0 Å². The van der Waals surface area contributed by atoms with E-state index in [4.69, 9.17) is 4.74 Å². The lowest BCUT2D eigenvalue weighted by atomic mass is 9.97. The van der Waals surface area contributed by atoms with E-state index in [9.17, 15) is 9.59 Å². The van der Waals surface area contributed by atoms with Crippen LogP contribution in [0.1, 0.15) is 43.5 Å². The summed E-state index contributed by atoms with van der Waals surface area (Å²) in [6.07, 6.45) is 5.26. The van der Waals surface area contributed by atoms with E-state index >= 15 is 0 Å². The summed E-state index contributed by atoms with van der Waals surface area (Å²) in [4.78, 5) is 28.0. The number of thioether (sulfide) groups is 1. The largest absolute Gasteiger partial charge is 0.484 e. The van der Waals surface area contributed by atoms with Crippen molar-refractivity contribution in [1.29, 1.82) is 0 Å². The van der Waals surface area contributed by atoms with Crippen LogP contribution in [-0.4, -0.2) is 41.7 Å². The van der Waals surface area contributed by atoms with E-state index < -0.39 is 0 Å². The first-order valence-corrected chi connectivity index (χ1v) is 11.2. The van der Waals surface area contributed by atoms with Gasteiger partial charge in [-0.3, -0.25) is 9.59 Å². The molecule has 29 heavy (non-hydrogen) atoms. The summed E-state index contributed by atoms with van der Waals surface area (Å²) in [5, 5.41) is 2.88. The van der Waals surface area contributed by atoms with Crippen molar-refractivity contribution in [3.05, 3.63) is 54.1 Å². The topological polar surface area (TPSA) is 58.6 Å². The van der Waals surface area contributed by atoms with Crippen LogP contribution < -0.4 is 10.1 Å². The van der Waals surface area contributed by atoms with Gasteiger partial charge in [0, 0.05) is 28.2 Å². The lowest BCUT2D eigenvalue weighted by molar-refractivity contribution is -0.139. The maximum Gasteiger partial charge on any atom is 0.260 e. The van der Waals surface area contributed by atoms with Crippen molar-refractivity contribution in [2.75, 3.05) is 18.2 Å². The summed E-state index contributed by atoms with van der Waals surface area (Å²) in [7, 11) is 0. The Morgan fingerprint density at radius 2 is 1.66 bits per heavy atom. The third-order valence-electron chi connectivity index (χ3n) is 5.31. The maximum atomic E-state index is 12.6. The normalized spacial score (nSPS) is 18.9. The molecule has 1 saturated heterocycles. The lowest BCUT2D eigenvalue weighted by Gasteiger charge is -2.38. The zero-order valence-electron chi connectivity index (χ0n) is 17.2. The van der Waals surface area contributed by atoms with Crippen molar-refractivity contribution in [2.24, 2.45) is 0 Å². The molecule has 1 heterocycles. The Labute approximate surface area is 176 Å². The van der Waals surface area contributed by atoms with Crippen LogP contribution in [0.25, 0.3) is 0 Å². The summed E-state index contributed by atoms with van der Waals surface area (Å²) >= 11 is 1.66. The van der Waals surface area contributed by atoms with Gasteiger partial charge in [-0.1, -0.05) is 0 Å². The number of rotatable bonds is 6. The molecule has 1 N–H and O–H groups in total. The average Bonchev–Trinajstić information content (AvgIpc) is 2.73. The fourth-order valence-electron chi connectivity index (χ4n) is 3.71. The molecule has 2 aromatic carbocycles. The zero-order chi connectivity index (χ0) is 20.8. The third-order valence-corrected chi connectivity index (χ3v) is 6.05. The molecule has 154 valence electrons. The number of ether oxygens (including phenoxy) is 1. The first-order valence-electron chi connectivity index (χ1n) is 9.97. The third kappa shape index (κ3) is 5.54. The molecule has 1 aliphatic rings. The van der Waals surface area contributed by atoms with Crippen LogP contribution in [0.5, 0.6) is 5.75 Å². The van der Waals surface area contributed by atoms with Gasteiger partial charge in [0.2, 0.25) is 0 Å². The molecule has 0 radical (unpaired) electrons. The van der Waals surface area contributed by atoms with Crippen LogP contribution in [0.15, 0.2) is 53.4 Å². The summed E-state index contributed by atoms with van der Waals surface area (Å²) < 4.78 is 5.67. The van der Waals surface area contributed by atoms with Gasteiger partial charge >= 0.3 is 0 Å². The van der Waals surface area contributed by atoms with Gasteiger partial charge in [0.25, 0.3) is 11.8 Å². The highest BCUT2D eigenvalue weighted by Crippen LogP contribution is 2.23. The smallest absolute Gasteiger partial charge is 0.260 e. The van der Waals surface area contributed by atoms with E-state index in [0.29, 0.717) is 11.3 Å². The van der Waals surface area contributed by atoms with E-state index in [-0.39, 0.29) is 30.5 Å². The molecule has 2 unspecified atom stereocenters. The number of hydrogen-bond acceptors (Lipinski definition) is 4. The Kier molecular flexibility index (Phi) is 7.20. The average molecular weight is 413 g/mol. The van der Waals surface area contributed by atoms with Crippen molar-refractivity contribution >= 4 is 29.3 Å². The summed E-state index contributed by atoms with van der Waals surface area (Å²) in [6.45, 7) is 4.20.